The first kappa shape index (κ1) is 18.8. The van der Waals surface area contributed by atoms with Crippen molar-refractivity contribution in [2.24, 2.45) is 0 Å². The van der Waals surface area contributed by atoms with Gasteiger partial charge in [0.15, 0.2) is 17.6 Å². The maximum absolute atomic E-state index is 12.4. The predicted molar refractivity (Wildman–Crippen MR) is 102 cm³/mol. The van der Waals surface area contributed by atoms with E-state index < -0.39 is 12.1 Å². The molecule has 0 unspecified atom stereocenters. The van der Waals surface area contributed by atoms with Gasteiger partial charge in [0, 0.05) is 18.8 Å². The Labute approximate surface area is 161 Å². The number of para-hydroxylation sites is 1. The lowest BCUT2D eigenvalue weighted by Gasteiger charge is -2.21. The van der Waals surface area contributed by atoms with Gasteiger partial charge in [-0.15, -0.1) is 0 Å². The predicted octanol–water partition coefficient (Wildman–Crippen LogP) is 3.68. The third-order valence-electron chi connectivity index (χ3n) is 3.98. The second kappa shape index (κ2) is 8.14. The van der Waals surface area contributed by atoms with E-state index in [9.17, 15) is 9.59 Å². The summed E-state index contributed by atoms with van der Waals surface area (Å²) in [7, 11) is 1.63. The standard InChI is InChI=1S/C20H18ClNO5/c1-13(20(24)22(2)15-6-4-3-5-7-15)27-18(23)9-8-14-10-16(21)19-17(11-14)25-12-26-19/h3-11,13H,12H2,1-2H3/b9-8+/t13-/m0/s1. The van der Waals surface area contributed by atoms with Crippen molar-refractivity contribution < 1.29 is 23.8 Å². The van der Waals surface area contributed by atoms with Crippen molar-refractivity contribution in [2.45, 2.75) is 13.0 Å². The van der Waals surface area contributed by atoms with Gasteiger partial charge in [-0.3, -0.25) is 4.79 Å². The number of benzene rings is 2. The van der Waals surface area contributed by atoms with Crippen LogP contribution in [0.4, 0.5) is 5.69 Å². The molecule has 1 aliphatic heterocycles. The van der Waals surface area contributed by atoms with Crippen LogP contribution in [0.2, 0.25) is 5.02 Å². The highest BCUT2D eigenvalue weighted by Crippen LogP contribution is 2.40. The minimum absolute atomic E-state index is 0.110. The first-order chi connectivity index (χ1) is 13.0. The molecule has 0 spiro atoms. The average molecular weight is 388 g/mol. The molecule has 3 rings (SSSR count). The number of fused-ring (bicyclic) bond motifs is 1. The van der Waals surface area contributed by atoms with Gasteiger partial charge in [0.05, 0.1) is 5.02 Å². The zero-order valence-corrected chi connectivity index (χ0v) is 15.6. The molecule has 1 amide bonds. The molecule has 1 atom stereocenters. The van der Waals surface area contributed by atoms with Crippen molar-refractivity contribution in [3.63, 3.8) is 0 Å². The zero-order valence-electron chi connectivity index (χ0n) is 14.8. The Morgan fingerprint density at radius 2 is 1.96 bits per heavy atom. The molecule has 6 nitrogen and oxygen atoms in total. The van der Waals surface area contributed by atoms with Crippen LogP contribution in [0.25, 0.3) is 6.08 Å². The van der Waals surface area contributed by atoms with Crippen molar-refractivity contribution in [3.8, 4) is 11.5 Å². The number of hydrogen-bond acceptors (Lipinski definition) is 5. The lowest BCUT2D eigenvalue weighted by molar-refractivity contribution is -0.148. The number of likely N-dealkylation sites (N-methyl/N-ethyl adjacent to an activating group) is 1. The van der Waals surface area contributed by atoms with E-state index in [1.807, 2.05) is 18.2 Å². The molecule has 0 radical (unpaired) electrons. The average Bonchev–Trinajstić information content (AvgIpc) is 3.15. The van der Waals surface area contributed by atoms with Crippen LogP contribution in [-0.4, -0.2) is 31.8 Å². The molecule has 27 heavy (non-hydrogen) atoms. The van der Waals surface area contributed by atoms with E-state index in [1.165, 1.54) is 24.0 Å². The summed E-state index contributed by atoms with van der Waals surface area (Å²) in [6.45, 7) is 1.64. The molecule has 2 aromatic rings. The Kier molecular flexibility index (Phi) is 5.66. The molecule has 140 valence electrons. The van der Waals surface area contributed by atoms with Crippen molar-refractivity contribution in [2.75, 3.05) is 18.7 Å². The fraction of sp³-hybridized carbons (Fsp3) is 0.200. The van der Waals surface area contributed by atoms with Crippen LogP contribution in [-0.2, 0) is 14.3 Å². The minimum atomic E-state index is -0.923. The van der Waals surface area contributed by atoms with Gasteiger partial charge < -0.3 is 19.1 Å². The van der Waals surface area contributed by atoms with Crippen LogP contribution in [0, 0.1) is 0 Å². The molecule has 2 aromatic carbocycles. The van der Waals surface area contributed by atoms with Crippen molar-refractivity contribution in [1.82, 2.24) is 0 Å². The SMILES string of the molecule is C[C@H](OC(=O)/C=C/c1cc(Cl)c2c(c1)OCO2)C(=O)N(C)c1ccccc1. The lowest BCUT2D eigenvalue weighted by atomic mass is 10.2. The summed E-state index contributed by atoms with van der Waals surface area (Å²) in [4.78, 5) is 25.9. The van der Waals surface area contributed by atoms with E-state index in [4.69, 9.17) is 25.8 Å². The van der Waals surface area contributed by atoms with Crippen LogP contribution in [0.5, 0.6) is 11.5 Å². The quantitative estimate of drug-likeness (QED) is 0.578. The van der Waals surface area contributed by atoms with Gasteiger partial charge in [0.25, 0.3) is 5.91 Å². The van der Waals surface area contributed by atoms with E-state index in [0.717, 1.165) is 5.69 Å². The smallest absolute Gasteiger partial charge is 0.331 e. The van der Waals surface area contributed by atoms with Gasteiger partial charge in [0.1, 0.15) is 0 Å². The van der Waals surface area contributed by atoms with Crippen LogP contribution in [0.3, 0.4) is 0 Å². The number of anilines is 1. The molecule has 7 heteroatoms. The summed E-state index contributed by atoms with van der Waals surface area (Å²) in [6, 6.07) is 12.5. The third kappa shape index (κ3) is 4.41. The number of hydrogen-bond donors (Lipinski definition) is 0. The van der Waals surface area contributed by atoms with E-state index in [1.54, 1.807) is 31.3 Å². The third-order valence-corrected chi connectivity index (χ3v) is 4.26. The Balaban J connectivity index is 1.61. The first-order valence-electron chi connectivity index (χ1n) is 8.26. The number of nitrogens with zero attached hydrogens (tertiary/aromatic N) is 1. The minimum Gasteiger partial charge on any atom is -0.454 e. The van der Waals surface area contributed by atoms with Crippen LogP contribution in [0.1, 0.15) is 12.5 Å². The Hall–Kier alpha value is -2.99. The van der Waals surface area contributed by atoms with Gasteiger partial charge >= 0.3 is 5.97 Å². The zero-order chi connectivity index (χ0) is 19.4. The molecule has 0 saturated heterocycles. The molecular formula is C20H18ClNO5. The van der Waals surface area contributed by atoms with Gasteiger partial charge in [-0.2, -0.15) is 0 Å². The molecule has 0 aromatic heterocycles. The molecular weight excluding hydrogens is 370 g/mol. The largest absolute Gasteiger partial charge is 0.454 e. The summed E-state index contributed by atoms with van der Waals surface area (Å²) in [5.74, 6) is 0.0447. The van der Waals surface area contributed by atoms with Gasteiger partial charge in [-0.1, -0.05) is 29.8 Å². The van der Waals surface area contributed by atoms with Crippen LogP contribution >= 0.6 is 11.6 Å². The van der Waals surface area contributed by atoms with E-state index in [0.29, 0.717) is 22.1 Å². The summed E-state index contributed by atoms with van der Waals surface area (Å²) in [5, 5.41) is 0.394. The number of esters is 1. The lowest BCUT2D eigenvalue weighted by Crippen LogP contribution is -2.37. The molecule has 0 aliphatic carbocycles. The fourth-order valence-corrected chi connectivity index (χ4v) is 2.84. The van der Waals surface area contributed by atoms with Crippen LogP contribution in [0.15, 0.2) is 48.5 Å². The van der Waals surface area contributed by atoms with Gasteiger partial charge in [-0.25, -0.2) is 4.79 Å². The highest BCUT2D eigenvalue weighted by atomic mass is 35.5. The van der Waals surface area contributed by atoms with Gasteiger partial charge in [-0.05, 0) is 42.8 Å². The molecule has 0 N–H and O–H groups in total. The topological polar surface area (TPSA) is 65.1 Å². The summed E-state index contributed by atoms with van der Waals surface area (Å²) in [5.41, 5.74) is 1.37. The van der Waals surface area contributed by atoms with E-state index in [-0.39, 0.29) is 12.7 Å². The fourth-order valence-electron chi connectivity index (χ4n) is 2.56. The van der Waals surface area contributed by atoms with E-state index in [2.05, 4.69) is 0 Å². The Bertz CT molecular complexity index is 881. The molecule has 0 fully saturated rings. The van der Waals surface area contributed by atoms with Gasteiger partial charge in [0.2, 0.25) is 6.79 Å². The molecule has 0 bridgehead atoms. The maximum atomic E-state index is 12.4. The normalized spacial score (nSPS) is 13.4. The van der Waals surface area contributed by atoms with E-state index >= 15 is 0 Å². The summed E-state index contributed by atoms with van der Waals surface area (Å²) in [6.07, 6.45) is 1.85. The monoisotopic (exact) mass is 387 g/mol. The van der Waals surface area contributed by atoms with Crippen molar-refractivity contribution in [3.05, 3.63) is 59.1 Å². The van der Waals surface area contributed by atoms with Crippen LogP contribution < -0.4 is 14.4 Å². The Morgan fingerprint density at radius 3 is 2.70 bits per heavy atom. The number of carbonyl (C=O) groups is 2. The summed E-state index contributed by atoms with van der Waals surface area (Å²) >= 11 is 6.10. The molecule has 1 aliphatic rings. The second-order valence-electron chi connectivity index (χ2n) is 5.88. The van der Waals surface area contributed by atoms with Crippen molar-refractivity contribution >= 4 is 35.2 Å². The van der Waals surface area contributed by atoms with Crippen molar-refractivity contribution in [1.29, 1.82) is 0 Å². The number of halogens is 1. The highest BCUT2D eigenvalue weighted by Gasteiger charge is 2.22. The number of amides is 1. The Morgan fingerprint density at radius 1 is 1.22 bits per heavy atom. The number of carbonyl (C=O) groups excluding carboxylic acids is 2. The maximum Gasteiger partial charge on any atom is 0.331 e. The molecule has 0 saturated carbocycles. The highest BCUT2D eigenvalue weighted by molar-refractivity contribution is 6.32. The summed E-state index contributed by atoms with van der Waals surface area (Å²) < 4.78 is 15.7. The number of rotatable bonds is 5. The number of ether oxygens (including phenoxy) is 3. The molecule has 1 heterocycles. The first-order valence-corrected chi connectivity index (χ1v) is 8.64. The second-order valence-corrected chi connectivity index (χ2v) is 6.29.